The lowest BCUT2D eigenvalue weighted by molar-refractivity contribution is 0.0940. The van der Waals surface area contributed by atoms with Gasteiger partial charge in [-0.15, -0.1) is 0 Å². The number of amides is 1. The standard InChI is InChI=1S/C16H17FN2O2/c1-10(12-5-3-4-6-15(12)21-2)19-16(20)13-9-11(17)7-8-14(13)18/h3-10H,18H2,1-2H3,(H,19,20). The molecule has 1 amide bonds. The molecule has 0 fully saturated rings. The van der Waals surface area contributed by atoms with Gasteiger partial charge in [-0.05, 0) is 31.2 Å². The summed E-state index contributed by atoms with van der Waals surface area (Å²) >= 11 is 0. The number of para-hydroxylation sites is 1. The van der Waals surface area contributed by atoms with Crippen LogP contribution in [0.2, 0.25) is 0 Å². The second-order valence-electron chi connectivity index (χ2n) is 4.67. The van der Waals surface area contributed by atoms with Gasteiger partial charge in [-0.1, -0.05) is 18.2 Å². The molecule has 0 aliphatic heterocycles. The van der Waals surface area contributed by atoms with Crippen LogP contribution in [0.4, 0.5) is 10.1 Å². The van der Waals surface area contributed by atoms with Crippen LogP contribution in [-0.4, -0.2) is 13.0 Å². The lowest BCUT2D eigenvalue weighted by Gasteiger charge is -2.17. The lowest BCUT2D eigenvalue weighted by Crippen LogP contribution is -2.27. The molecule has 0 aliphatic carbocycles. The van der Waals surface area contributed by atoms with Crippen LogP contribution < -0.4 is 15.8 Å². The van der Waals surface area contributed by atoms with Crippen molar-refractivity contribution in [2.75, 3.05) is 12.8 Å². The summed E-state index contributed by atoms with van der Waals surface area (Å²) in [4.78, 5) is 12.2. The van der Waals surface area contributed by atoms with Gasteiger partial charge in [0.1, 0.15) is 11.6 Å². The highest BCUT2D eigenvalue weighted by atomic mass is 19.1. The predicted molar refractivity (Wildman–Crippen MR) is 79.7 cm³/mol. The topological polar surface area (TPSA) is 64.3 Å². The Bertz CT molecular complexity index is 658. The van der Waals surface area contributed by atoms with Crippen LogP contribution in [0.25, 0.3) is 0 Å². The van der Waals surface area contributed by atoms with Crippen molar-refractivity contribution in [2.45, 2.75) is 13.0 Å². The summed E-state index contributed by atoms with van der Waals surface area (Å²) in [6.07, 6.45) is 0. The molecule has 0 heterocycles. The summed E-state index contributed by atoms with van der Waals surface area (Å²) in [5.41, 5.74) is 6.90. The molecule has 0 saturated carbocycles. The molecular formula is C16H17FN2O2. The van der Waals surface area contributed by atoms with E-state index in [1.54, 1.807) is 7.11 Å². The van der Waals surface area contributed by atoms with E-state index in [2.05, 4.69) is 5.32 Å². The van der Waals surface area contributed by atoms with Gasteiger partial charge in [0.05, 0.1) is 18.7 Å². The molecule has 0 spiro atoms. The summed E-state index contributed by atoms with van der Waals surface area (Å²) in [6, 6.07) is 10.8. The van der Waals surface area contributed by atoms with E-state index in [0.29, 0.717) is 5.75 Å². The van der Waals surface area contributed by atoms with Gasteiger partial charge in [0, 0.05) is 11.3 Å². The molecule has 4 nitrogen and oxygen atoms in total. The number of halogens is 1. The predicted octanol–water partition coefficient (Wildman–Crippen LogP) is 2.91. The molecule has 110 valence electrons. The number of carbonyl (C=O) groups excluding carboxylic acids is 1. The number of hydrogen-bond donors (Lipinski definition) is 2. The smallest absolute Gasteiger partial charge is 0.253 e. The Balaban J connectivity index is 2.21. The van der Waals surface area contributed by atoms with Crippen molar-refractivity contribution in [1.29, 1.82) is 0 Å². The molecule has 5 heteroatoms. The van der Waals surface area contributed by atoms with Gasteiger partial charge in [-0.2, -0.15) is 0 Å². The molecule has 2 rings (SSSR count). The van der Waals surface area contributed by atoms with Gasteiger partial charge < -0.3 is 15.8 Å². The van der Waals surface area contributed by atoms with Gasteiger partial charge in [-0.25, -0.2) is 4.39 Å². The molecule has 21 heavy (non-hydrogen) atoms. The first-order valence-corrected chi connectivity index (χ1v) is 6.51. The minimum Gasteiger partial charge on any atom is -0.496 e. The molecule has 2 aromatic carbocycles. The Morgan fingerprint density at radius 1 is 1.29 bits per heavy atom. The van der Waals surface area contributed by atoms with Crippen molar-refractivity contribution >= 4 is 11.6 Å². The number of hydrogen-bond acceptors (Lipinski definition) is 3. The molecule has 1 atom stereocenters. The molecule has 3 N–H and O–H groups in total. The van der Waals surface area contributed by atoms with Crippen LogP contribution >= 0.6 is 0 Å². The van der Waals surface area contributed by atoms with Gasteiger partial charge in [0.25, 0.3) is 5.91 Å². The molecular weight excluding hydrogens is 271 g/mol. The number of rotatable bonds is 4. The summed E-state index contributed by atoms with van der Waals surface area (Å²) in [5.74, 6) is -0.248. The summed E-state index contributed by atoms with van der Waals surface area (Å²) in [7, 11) is 1.57. The zero-order valence-corrected chi connectivity index (χ0v) is 11.9. The quantitative estimate of drug-likeness (QED) is 0.850. The van der Waals surface area contributed by atoms with E-state index in [9.17, 15) is 9.18 Å². The zero-order chi connectivity index (χ0) is 15.4. The maximum atomic E-state index is 13.2. The van der Waals surface area contributed by atoms with Crippen LogP contribution in [0.1, 0.15) is 28.9 Å². The Hall–Kier alpha value is -2.56. The second kappa shape index (κ2) is 6.26. The van der Waals surface area contributed by atoms with Crippen LogP contribution in [0.3, 0.4) is 0 Å². The number of carbonyl (C=O) groups is 1. The van der Waals surface area contributed by atoms with Gasteiger partial charge in [0.15, 0.2) is 0 Å². The number of nitrogen functional groups attached to an aromatic ring is 1. The Labute approximate surface area is 122 Å². The number of nitrogens with two attached hydrogens (primary N) is 1. The van der Waals surface area contributed by atoms with E-state index in [4.69, 9.17) is 10.5 Å². The van der Waals surface area contributed by atoms with Crippen molar-refractivity contribution in [3.05, 3.63) is 59.4 Å². The highest BCUT2D eigenvalue weighted by Gasteiger charge is 2.16. The molecule has 0 aliphatic rings. The lowest BCUT2D eigenvalue weighted by atomic mass is 10.1. The minimum absolute atomic E-state index is 0.122. The normalized spacial score (nSPS) is 11.8. The second-order valence-corrected chi connectivity index (χ2v) is 4.67. The molecule has 2 aromatic rings. The van der Waals surface area contributed by atoms with Crippen molar-refractivity contribution in [3.8, 4) is 5.75 Å². The Morgan fingerprint density at radius 3 is 2.71 bits per heavy atom. The SMILES string of the molecule is COc1ccccc1C(C)NC(=O)c1cc(F)ccc1N. The Morgan fingerprint density at radius 2 is 2.00 bits per heavy atom. The van der Waals surface area contributed by atoms with Crippen molar-refractivity contribution in [1.82, 2.24) is 5.32 Å². The maximum absolute atomic E-state index is 13.2. The average Bonchev–Trinajstić information content (AvgIpc) is 2.49. The van der Waals surface area contributed by atoms with Crippen LogP contribution in [0.5, 0.6) is 5.75 Å². The van der Waals surface area contributed by atoms with Crippen LogP contribution in [0.15, 0.2) is 42.5 Å². The molecule has 0 radical (unpaired) electrons. The Kier molecular flexibility index (Phi) is 4.42. The third-order valence-corrected chi connectivity index (χ3v) is 3.21. The molecule has 0 aromatic heterocycles. The molecule has 0 saturated heterocycles. The number of nitrogens with one attached hydrogen (secondary N) is 1. The first kappa shape index (κ1) is 14.8. The summed E-state index contributed by atoms with van der Waals surface area (Å²) < 4.78 is 18.5. The minimum atomic E-state index is -0.501. The van der Waals surface area contributed by atoms with Crippen molar-refractivity contribution in [2.24, 2.45) is 0 Å². The van der Waals surface area contributed by atoms with Gasteiger partial charge in [-0.3, -0.25) is 4.79 Å². The highest BCUT2D eigenvalue weighted by Crippen LogP contribution is 2.25. The van der Waals surface area contributed by atoms with E-state index < -0.39 is 11.7 Å². The number of anilines is 1. The van der Waals surface area contributed by atoms with Crippen molar-refractivity contribution < 1.29 is 13.9 Å². The number of methoxy groups -OCH3 is 1. The van der Waals surface area contributed by atoms with E-state index in [-0.39, 0.29) is 17.3 Å². The van der Waals surface area contributed by atoms with E-state index >= 15 is 0 Å². The van der Waals surface area contributed by atoms with E-state index in [0.717, 1.165) is 11.6 Å². The maximum Gasteiger partial charge on any atom is 0.253 e. The third-order valence-electron chi connectivity index (χ3n) is 3.21. The van der Waals surface area contributed by atoms with Crippen molar-refractivity contribution in [3.63, 3.8) is 0 Å². The first-order valence-electron chi connectivity index (χ1n) is 6.51. The number of benzene rings is 2. The fraction of sp³-hybridized carbons (Fsp3) is 0.188. The van der Waals surface area contributed by atoms with Crippen LogP contribution in [0, 0.1) is 5.82 Å². The molecule has 1 unspecified atom stereocenters. The number of ether oxygens (including phenoxy) is 1. The van der Waals surface area contributed by atoms with Gasteiger partial charge >= 0.3 is 0 Å². The summed E-state index contributed by atoms with van der Waals surface area (Å²) in [6.45, 7) is 1.82. The zero-order valence-electron chi connectivity index (χ0n) is 11.9. The van der Waals surface area contributed by atoms with E-state index in [1.165, 1.54) is 12.1 Å². The summed E-state index contributed by atoms with van der Waals surface area (Å²) in [5, 5.41) is 2.79. The van der Waals surface area contributed by atoms with E-state index in [1.807, 2.05) is 31.2 Å². The average molecular weight is 288 g/mol. The first-order chi connectivity index (χ1) is 10.0. The van der Waals surface area contributed by atoms with Crippen LogP contribution in [-0.2, 0) is 0 Å². The fourth-order valence-electron chi connectivity index (χ4n) is 2.10. The highest BCUT2D eigenvalue weighted by molar-refractivity contribution is 5.99. The fourth-order valence-corrected chi connectivity index (χ4v) is 2.10. The third kappa shape index (κ3) is 3.31. The largest absolute Gasteiger partial charge is 0.496 e. The monoisotopic (exact) mass is 288 g/mol. The molecule has 0 bridgehead atoms. The van der Waals surface area contributed by atoms with Gasteiger partial charge in [0.2, 0.25) is 0 Å².